The van der Waals surface area contributed by atoms with E-state index in [-0.39, 0.29) is 23.6 Å². The molecule has 2 N–H and O–H groups in total. The molecule has 1 heterocycles. The summed E-state index contributed by atoms with van der Waals surface area (Å²) in [6, 6.07) is 13.5. The number of carbonyl (C=O) groups is 3. The van der Waals surface area contributed by atoms with Gasteiger partial charge in [0, 0.05) is 41.5 Å². The number of anilines is 1. The molecule has 0 spiro atoms. The summed E-state index contributed by atoms with van der Waals surface area (Å²) in [7, 11) is 0. The van der Waals surface area contributed by atoms with Gasteiger partial charge in [0.15, 0.2) is 0 Å². The first kappa shape index (κ1) is 23.8. The van der Waals surface area contributed by atoms with Gasteiger partial charge >= 0.3 is 0 Å². The fourth-order valence-corrected chi connectivity index (χ4v) is 3.85. The molecule has 1 aliphatic rings. The van der Waals surface area contributed by atoms with Crippen molar-refractivity contribution in [3.8, 4) is 0 Å². The number of amides is 3. The molecule has 0 unspecified atom stereocenters. The summed E-state index contributed by atoms with van der Waals surface area (Å²) >= 11 is 5.87. The topological polar surface area (TPSA) is 78.5 Å². The number of halogens is 1. The van der Waals surface area contributed by atoms with Crippen LogP contribution in [0.3, 0.4) is 0 Å². The molecule has 3 rings (SSSR count). The normalized spacial score (nSPS) is 16.0. The molecule has 1 saturated heterocycles. The molecule has 0 bridgehead atoms. The Morgan fingerprint density at radius 2 is 1.84 bits per heavy atom. The molecular weight excluding hydrogens is 426 g/mol. The minimum atomic E-state index is -0.276. The van der Waals surface area contributed by atoms with E-state index in [1.807, 2.05) is 0 Å². The van der Waals surface area contributed by atoms with Crippen molar-refractivity contribution in [3.63, 3.8) is 0 Å². The second-order valence-corrected chi connectivity index (χ2v) is 9.04. The summed E-state index contributed by atoms with van der Waals surface area (Å²) in [5.74, 6) is -0.0402. The molecule has 6 nitrogen and oxygen atoms in total. The summed E-state index contributed by atoms with van der Waals surface area (Å²) in [4.78, 5) is 39.8. The van der Waals surface area contributed by atoms with Crippen molar-refractivity contribution in [3.05, 3.63) is 64.7 Å². The molecule has 0 radical (unpaired) electrons. The van der Waals surface area contributed by atoms with Gasteiger partial charge in [0.1, 0.15) is 0 Å². The van der Waals surface area contributed by atoms with E-state index in [9.17, 15) is 14.4 Å². The number of likely N-dealkylation sites (tertiary alicyclic amines) is 1. The van der Waals surface area contributed by atoms with Crippen molar-refractivity contribution < 1.29 is 14.4 Å². The number of piperidine rings is 1. The first-order valence-corrected chi connectivity index (χ1v) is 11.4. The van der Waals surface area contributed by atoms with Gasteiger partial charge < -0.3 is 15.5 Å². The predicted octanol–water partition coefficient (Wildman–Crippen LogP) is 4.61. The molecular formula is C25H30ClN3O3. The number of hydrogen-bond donors (Lipinski definition) is 2. The molecule has 2 aromatic rings. The summed E-state index contributed by atoms with van der Waals surface area (Å²) in [6.07, 6.45) is 2.52. The van der Waals surface area contributed by atoms with Crippen molar-refractivity contribution in [2.45, 2.75) is 33.1 Å². The van der Waals surface area contributed by atoms with E-state index in [2.05, 4.69) is 24.5 Å². The Morgan fingerprint density at radius 1 is 1.09 bits per heavy atom. The van der Waals surface area contributed by atoms with Crippen LogP contribution in [0.5, 0.6) is 0 Å². The molecule has 3 amide bonds. The number of rotatable bonds is 7. The van der Waals surface area contributed by atoms with Crippen molar-refractivity contribution in [2.24, 2.45) is 11.8 Å². The first-order valence-electron chi connectivity index (χ1n) is 11.1. The van der Waals surface area contributed by atoms with E-state index in [0.29, 0.717) is 47.4 Å². The van der Waals surface area contributed by atoms with E-state index < -0.39 is 0 Å². The Hall–Kier alpha value is -2.86. The number of benzene rings is 2. The van der Waals surface area contributed by atoms with Crippen molar-refractivity contribution >= 4 is 35.0 Å². The molecule has 1 fully saturated rings. The highest BCUT2D eigenvalue weighted by Gasteiger charge is 2.29. The van der Waals surface area contributed by atoms with Crippen LogP contribution in [-0.2, 0) is 4.79 Å². The van der Waals surface area contributed by atoms with Crippen molar-refractivity contribution in [2.75, 3.05) is 25.0 Å². The minimum Gasteiger partial charge on any atom is -0.356 e. The highest BCUT2D eigenvalue weighted by atomic mass is 35.5. The molecule has 1 atom stereocenters. The smallest absolute Gasteiger partial charge is 0.255 e. The van der Waals surface area contributed by atoms with Crippen LogP contribution in [0.4, 0.5) is 5.69 Å². The zero-order chi connectivity index (χ0) is 23.1. The lowest BCUT2D eigenvalue weighted by Crippen LogP contribution is -2.45. The fraction of sp³-hybridized carbons (Fsp3) is 0.400. The van der Waals surface area contributed by atoms with E-state index >= 15 is 0 Å². The van der Waals surface area contributed by atoms with Gasteiger partial charge in [-0.3, -0.25) is 14.4 Å². The van der Waals surface area contributed by atoms with Crippen LogP contribution in [0.2, 0.25) is 5.02 Å². The molecule has 1 aliphatic heterocycles. The van der Waals surface area contributed by atoms with E-state index in [4.69, 9.17) is 11.6 Å². The Kier molecular flexibility index (Phi) is 8.28. The molecule has 0 aliphatic carbocycles. The van der Waals surface area contributed by atoms with Gasteiger partial charge in [-0.05, 0) is 67.6 Å². The number of nitrogens with zero attached hydrogens (tertiary/aromatic N) is 1. The summed E-state index contributed by atoms with van der Waals surface area (Å²) < 4.78 is 0. The summed E-state index contributed by atoms with van der Waals surface area (Å²) in [6.45, 7) is 5.94. The standard InChI is InChI=1S/C25H30ClN3O3/c1-17(2)12-13-27-23(30)20-6-4-14-29(16-20)25(32)19-5-3-7-22(15-19)28-24(31)18-8-10-21(26)11-9-18/h3,5,7-11,15,17,20H,4,6,12-14,16H2,1-2H3,(H,27,30)(H,28,31)/t20-/m1/s1. The lowest BCUT2D eigenvalue weighted by molar-refractivity contribution is -0.126. The van der Waals surface area contributed by atoms with Crippen LogP contribution in [0.25, 0.3) is 0 Å². The predicted molar refractivity (Wildman–Crippen MR) is 127 cm³/mol. The van der Waals surface area contributed by atoms with Crippen LogP contribution in [0.1, 0.15) is 53.8 Å². The van der Waals surface area contributed by atoms with E-state index in [1.54, 1.807) is 53.4 Å². The Morgan fingerprint density at radius 3 is 2.56 bits per heavy atom. The number of nitrogens with one attached hydrogen (secondary N) is 2. The number of carbonyl (C=O) groups excluding carboxylic acids is 3. The third-order valence-corrected chi connectivity index (χ3v) is 5.83. The largest absolute Gasteiger partial charge is 0.356 e. The quantitative estimate of drug-likeness (QED) is 0.640. The van der Waals surface area contributed by atoms with E-state index in [0.717, 1.165) is 19.3 Å². The first-order chi connectivity index (χ1) is 15.3. The maximum atomic E-state index is 13.1. The highest BCUT2D eigenvalue weighted by Crippen LogP contribution is 2.21. The van der Waals surface area contributed by atoms with Crippen molar-refractivity contribution in [1.82, 2.24) is 10.2 Å². The van der Waals surface area contributed by atoms with Gasteiger partial charge in [-0.1, -0.05) is 31.5 Å². The monoisotopic (exact) mass is 455 g/mol. The Labute approximate surface area is 194 Å². The molecule has 0 aromatic heterocycles. The van der Waals surface area contributed by atoms with Gasteiger partial charge in [-0.15, -0.1) is 0 Å². The summed E-state index contributed by atoms with van der Waals surface area (Å²) in [5, 5.41) is 6.38. The minimum absolute atomic E-state index is 0.0205. The number of hydrogen-bond acceptors (Lipinski definition) is 3. The van der Waals surface area contributed by atoms with Crippen LogP contribution < -0.4 is 10.6 Å². The van der Waals surface area contributed by atoms with Crippen LogP contribution in [-0.4, -0.2) is 42.3 Å². The average Bonchev–Trinajstić information content (AvgIpc) is 2.79. The second kappa shape index (κ2) is 11.1. The highest BCUT2D eigenvalue weighted by molar-refractivity contribution is 6.30. The Bertz CT molecular complexity index is 959. The zero-order valence-electron chi connectivity index (χ0n) is 18.6. The third-order valence-electron chi connectivity index (χ3n) is 5.57. The SMILES string of the molecule is CC(C)CCNC(=O)[C@@H]1CCCN(C(=O)c2cccc(NC(=O)c3ccc(Cl)cc3)c2)C1. The van der Waals surface area contributed by atoms with Crippen LogP contribution in [0.15, 0.2) is 48.5 Å². The maximum absolute atomic E-state index is 13.1. The summed E-state index contributed by atoms with van der Waals surface area (Å²) in [5.41, 5.74) is 1.50. The molecule has 7 heteroatoms. The van der Waals surface area contributed by atoms with Crippen LogP contribution in [0, 0.1) is 11.8 Å². The van der Waals surface area contributed by atoms with Gasteiger partial charge in [-0.2, -0.15) is 0 Å². The van der Waals surface area contributed by atoms with Gasteiger partial charge in [0.05, 0.1) is 5.92 Å². The maximum Gasteiger partial charge on any atom is 0.255 e. The van der Waals surface area contributed by atoms with Crippen LogP contribution >= 0.6 is 11.6 Å². The molecule has 32 heavy (non-hydrogen) atoms. The molecule has 2 aromatic carbocycles. The van der Waals surface area contributed by atoms with Gasteiger partial charge in [-0.25, -0.2) is 0 Å². The molecule has 0 saturated carbocycles. The van der Waals surface area contributed by atoms with Crippen molar-refractivity contribution in [1.29, 1.82) is 0 Å². The lowest BCUT2D eigenvalue weighted by atomic mass is 9.96. The average molecular weight is 456 g/mol. The zero-order valence-corrected chi connectivity index (χ0v) is 19.3. The third kappa shape index (κ3) is 6.57. The fourth-order valence-electron chi connectivity index (χ4n) is 3.72. The van der Waals surface area contributed by atoms with E-state index in [1.165, 1.54) is 0 Å². The van der Waals surface area contributed by atoms with Gasteiger partial charge in [0.2, 0.25) is 5.91 Å². The van der Waals surface area contributed by atoms with Gasteiger partial charge in [0.25, 0.3) is 11.8 Å². The molecule has 170 valence electrons. The lowest BCUT2D eigenvalue weighted by Gasteiger charge is -2.32. The second-order valence-electron chi connectivity index (χ2n) is 8.61. The Balaban J connectivity index is 1.61.